The Morgan fingerprint density at radius 3 is 2.81 bits per heavy atom. The molecule has 3 fully saturated rings. The molecule has 0 amide bonds. The second-order valence-electron chi connectivity index (χ2n) is 6.65. The van der Waals surface area contributed by atoms with Gasteiger partial charge in [0.05, 0.1) is 0 Å². The topological polar surface area (TPSA) is 50.2 Å². The molecule has 1 aromatic heterocycles. The summed E-state index contributed by atoms with van der Waals surface area (Å²) < 4.78 is 1.90. The number of hydrogen-bond donors (Lipinski definition) is 1. The Kier molecular flexibility index (Phi) is 3.45. The van der Waals surface area contributed by atoms with E-state index in [1.54, 1.807) is 0 Å². The molecule has 3 heterocycles. The summed E-state index contributed by atoms with van der Waals surface area (Å²) in [5, 5.41) is 3.62. The molecule has 1 N–H and O–H groups in total. The highest BCUT2D eigenvalue weighted by Gasteiger charge is 2.34. The van der Waals surface area contributed by atoms with Crippen LogP contribution >= 0.6 is 0 Å². The normalized spacial score (nSPS) is 29.8. The molecule has 0 aromatic carbocycles. The number of anilines is 1. The summed E-state index contributed by atoms with van der Waals surface area (Å²) in [5.41, 5.74) is 0.116. The minimum Gasteiger partial charge on any atom is -0.347 e. The first-order valence-electron chi connectivity index (χ1n) is 8.42. The van der Waals surface area contributed by atoms with E-state index in [4.69, 9.17) is 0 Å². The average Bonchev–Trinajstić information content (AvgIpc) is 3.21. The largest absolute Gasteiger partial charge is 0.347 e. The van der Waals surface area contributed by atoms with E-state index in [0.29, 0.717) is 23.9 Å². The van der Waals surface area contributed by atoms with E-state index in [1.807, 2.05) is 17.0 Å². The molecule has 0 bridgehead atoms. The third kappa shape index (κ3) is 2.48. The molecule has 2 unspecified atom stereocenters. The van der Waals surface area contributed by atoms with E-state index in [-0.39, 0.29) is 5.56 Å². The van der Waals surface area contributed by atoms with Crippen molar-refractivity contribution < 1.29 is 0 Å². The van der Waals surface area contributed by atoms with Crippen LogP contribution in [0.3, 0.4) is 0 Å². The quantitative estimate of drug-likeness (QED) is 0.919. The Morgan fingerprint density at radius 1 is 1.14 bits per heavy atom. The molecule has 1 aromatic rings. The van der Waals surface area contributed by atoms with Crippen LogP contribution in [0.5, 0.6) is 0 Å². The SMILES string of the molecule is O=c1c(N2CCCCC2C2CCCN2)nccn1C1CC1. The van der Waals surface area contributed by atoms with Crippen LogP contribution < -0.4 is 15.8 Å². The van der Waals surface area contributed by atoms with Gasteiger partial charge >= 0.3 is 0 Å². The average molecular weight is 288 g/mol. The fourth-order valence-electron chi connectivity index (χ4n) is 3.93. The fourth-order valence-corrected chi connectivity index (χ4v) is 3.93. The summed E-state index contributed by atoms with van der Waals surface area (Å²) in [4.78, 5) is 19.5. The van der Waals surface area contributed by atoms with Crippen molar-refractivity contribution in [2.75, 3.05) is 18.0 Å². The molecular formula is C16H24N4O. The smallest absolute Gasteiger partial charge is 0.293 e. The van der Waals surface area contributed by atoms with Gasteiger partial charge in [0.2, 0.25) is 0 Å². The second-order valence-corrected chi connectivity index (χ2v) is 6.65. The van der Waals surface area contributed by atoms with Crippen molar-refractivity contribution in [1.82, 2.24) is 14.9 Å². The van der Waals surface area contributed by atoms with E-state index in [9.17, 15) is 4.79 Å². The van der Waals surface area contributed by atoms with Gasteiger partial charge in [0.15, 0.2) is 5.82 Å². The van der Waals surface area contributed by atoms with Gasteiger partial charge < -0.3 is 14.8 Å². The first kappa shape index (κ1) is 13.3. The first-order chi connectivity index (χ1) is 10.3. The molecule has 2 saturated heterocycles. The summed E-state index contributed by atoms with van der Waals surface area (Å²) >= 11 is 0. The predicted octanol–water partition coefficient (Wildman–Crippen LogP) is 1.69. The lowest BCUT2D eigenvalue weighted by Gasteiger charge is -2.39. The van der Waals surface area contributed by atoms with Crippen LogP contribution in [0.2, 0.25) is 0 Å². The van der Waals surface area contributed by atoms with Crippen molar-refractivity contribution in [3.05, 3.63) is 22.7 Å². The first-order valence-corrected chi connectivity index (χ1v) is 8.42. The minimum absolute atomic E-state index is 0.116. The lowest BCUT2D eigenvalue weighted by molar-refractivity contribution is 0.374. The Hall–Kier alpha value is -1.36. The van der Waals surface area contributed by atoms with Gasteiger partial charge in [0.25, 0.3) is 5.56 Å². The van der Waals surface area contributed by atoms with Gasteiger partial charge in [-0.15, -0.1) is 0 Å². The molecule has 2 atom stereocenters. The van der Waals surface area contributed by atoms with Gasteiger partial charge in [-0.2, -0.15) is 0 Å². The third-order valence-corrected chi connectivity index (χ3v) is 5.17. The summed E-state index contributed by atoms with van der Waals surface area (Å²) in [5.74, 6) is 0.683. The molecule has 5 heteroatoms. The molecule has 0 radical (unpaired) electrons. The van der Waals surface area contributed by atoms with Crippen molar-refractivity contribution in [3.8, 4) is 0 Å². The van der Waals surface area contributed by atoms with Crippen molar-refractivity contribution in [2.24, 2.45) is 0 Å². The van der Waals surface area contributed by atoms with E-state index in [2.05, 4.69) is 15.2 Å². The molecule has 0 spiro atoms. The minimum atomic E-state index is 0.116. The summed E-state index contributed by atoms with van der Waals surface area (Å²) in [7, 11) is 0. The van der Waals surface area contributed by atoms with Crippen LogP contribution in [0.25, 0.3) is 0 Å². The molecule has 5 nitrogen and oxygen atoms in total. The van der Waals surface area contributed by atoms with Gasteiger partial charge in [0, 0.05) is 37.1 Å². The predicted molar refractivity (Wildman–Crippen MR) is 82.8 cm³/mol. The van der Waals surface area contributed by atoms with Crippen molar-refractivity contribution >= 4 is 5.82 Å². The number of aromatic nitrogens is 2. The van der Waals surface area contributed by atoms with E-state index < -0.39 is 0 Å². The van der Waals surface area contributed by atoms with Crippen LogP contribution in [-0.2, 0) is 0 Å². The third-order valence-electron chi connectivity index (χ3n) is 5.17. The standard InChI is InChI=1S/C16H24N4O/c21-16-15(18-9-11-19(16)12-6-7-12)20-10-2-1-5-14(20)13-4-3-8-17-13/h9,11-14,17H,1-8,10H2. The number of nitrogens with one attached hydrogen (secondary N) is 1. The Balaban J connectivity index is 1.66. The molecule has 114 valence electrons. The Morgan fingerprint density at radius 2 is 2.05 bits per heavy atom. The molecule has 4 rings (SSSR count). The second kappa shape index (κ2) is 5.44. The maximum atomic E-state index is 12.7. The highest BCUT2D eigenvalue weighted by molar-refractivity contribution is 5.39. The van der Waals surface area contributed by atoms with Crippen LogP contribution in [-0.4, -0.2) is 34.7 Å². The van der Waals surface area contributed by atoms with Gasteiger partial charge in [-0.25, -0.2) is 4.98 Å². The molecule has 21 heavy (non-hydrogen) atoms. The van der Waals surface area contributed by atoms with Crippen molar-refractivity contribution in [1.29, 1.82) is 0 Å². The number of nitrogens with zero attached hydrogens (tertiary/aromatic N) is 3. The number of hydrogen-bond acceptors (Lipinski definition) is 4. The number of rotatable bonds is 3. The lowest BCUT2D eigenvalue weighted by atomic mass is 9.94. The molecule has 3 aliphatic rings. The number of piperidine rings is 1. The van der Waals surface area contributed by atoms with Crippen LogP contribution in [0.15, 0.2) is 17.2 Å². The molecule has 1 saturated carbocycles. The monoisotopic (exact) mass is 288 g/mol. The summed E-state index contributed by atoms with van der Waals surface area (Å²) in [6.45, 7) is 2.09. The van der Waals surface area contributed by atoms with Crippen LogP contribution in [0, 0.1) is 0 Å². The van der Waals surface area contributed by atoms with E-state index in [0.717, 1.165) is 25.9 Å². The Labute approximate surface area is 125 Å². The summed E-state index contributed by atoms with van der Waals surface area (Å²) in [6, 6.07) is 1.39. The molecule has 2 aliphatic heterocycles. The molecular weight excluding hydrogens is 264 g/mol. The van der Waals surface area contributed by atoms with Gasteiger partial charge in [-0.05, 0) is 51.5 Å². The van der Waals surface area contributed by atoms with Crippen LogP contribution in [0.4, 0.5) is 5.82 Å². The van der Waals surface area contributed by atoms with Crippen molar-refractivity contribution in [3.63, 3.8) is 0 Å². The zero-order chi connectivity index (χ0) is 14.2. The van der Waals surface area contributed by atoms with Gasteiger partial charge in [-0.1, -0.05) is 0 Å². The van der Waals surface area contributed by atoms with Crippen LogP contribution in [0.1, 0.15) is 51.0 Å². The highest BCUT2D eigenvalue weighted by atomic mass is 16.1. The highest BCUT2D eigenvalue weighted by Crippen LogP contribution is 2.34. The van der Waals surface area contributed by atoms with Gasteiger partial charge in [-0.3, -0.25) is 4.79 Å². The maximum absolute atomic E-state index is 12.7. The van der Waals surface area contributed by atoms with Crippen molar-refractivity contribution in [2.45, 2.75) is 63.1 Å². The maximum Gasteiger partial charge on any atom is 0.293 e. The van der Waals surface area contributed by atoms with Gasteiger partial charge in [0.1, 0.15) is 0 Å². The Bertz CT molecular complexity index is 560. The lowest BCUT2D eigenvalue weighted by Crippen LogP contribution is -2.52. The zero-order valence-corrected chi connectivity index (χ0v) is 12.5. The summed E-state index contributed by atoms with van der Waals surface area (Å²) in [6.07, 6.45) is 12.0. The molecule has 1 aliphatic carbocycles. The van der Waals surface area contributed by atoms with E-state index >= 15 is 0 Å². The zero-order valence-electron chi connectivity index (χ0n) is 12.5. The van der Waals surface area contributed by atoms with E-state index in [1.165, 1.54) is 32.1 Å². The fraction of sp³-hybridized carbons (Fsp3) is 0.750.